The van der Waals surface area contributed by atoms with Gasteiger partial charge in [-0.1, -0.05) is 127 Å². The Kier molecular flexibility index (Phi) is 8.14. The van der Waals surface area contributed by atoms with Crippen LogP contribution in [0.1, 0.15) is 35.2 Å². The molecular weight excluding hydrogens is 593 g/mol. The van der Waals surface area contributed by atoms with Crippen LogP contribution in [0.3, 0.4) is 0 Å². The molecule has 1 aliphatic heterocycles. The molecule has 6 nitrogen and oxygen atoms in total. The van der Waals surface area contributed by atoms with E-state index in [4.69, 9.17) is 14.5 Å². The van der Waals surface area contributed by atoms with Gasteiger partial charge in [0.15, 0.2) is 4.80 Å². The molecule has 1 aliphatic rings. The molecule has 1 atom stereocenters. The molecule has 7 rings (SSSR count). The highest BCUT2D eigenvalue weighted by Crippen LogP contribution is 2.35. The van der Waals surface area contributed by atoms with E-state index in [1.807, 2.05) is 109 Å². The third kappa shape index (κ3) is 5.69. The Balaban J connectivity index is 1.31. The van der Waals surface area contributed by atoms with Gasteiger partial charge in [-0.15, -0.1) is 0 Å². The number of hydrogen-bond donors (Lipinski definition) is 0. The van der Waals surface area contributed by atoms with E-state index in [1.54, 1.807) is 11.5 Å². The molecule has 46 heavy (non-hydrogen) atoms. The first kappa shape index (κ1) is 29.2. The van der Waals surface area contributed by atoms with Crippen LogP contribution < -0.4 is 19.6 Å². The van der Waals surface area contributed by atoms with Gasteiger partial charge in [-0.25, -0.2) is 9.79 Å². The molecule has 226 valence electrons. The minimum absolute atomic E-state index is 0.204. The molecule has 0 unspecified atom stereocenters. The predicted octanol–water partition coefficient (Wildman–Crippen LogP) is 6.67. The van der Waals surface area contributed by atoms with Gasteiger partial charge in [0, 0.05) is 5.56 Å². The van der Waals surface area contributed by atoms with Crippen molar-refractivity contribution in [3.63, 3.8) is 0 Å². The molecule has 0 aliphatic carbocycles. The van der Waals surface area contributed by atoms with E-state index >= 15 is 0 Å². The fourth-order valence-electron chi connectivity index (χ4n) is 5.82. The quantitative estimate of drug-likeness (QED) is 0.178. The van der Waals surface area contributed by atoms with E-state index in [0.29, 0.717) is 33.0 Å². The zero-order chi connectivity index (χ0) is 31.5. The van der Waals surface area contributed by atoms with Gasteiger partial charge in [0.05, 0.1) is 28.5 Å². The summed E-state index contributed by atoms with van der Waals surface area (Å²) >= 11 is 1.30. The summed E-state index contributed by atoms with van der Waals surface area (Å²) in [6.07, 6.45) is 1.85. The summed E-state index contributed by atoms with van der Waals surface area (Å²) < 4.78 is 13.9. The lowest BCUT2D eigenvalue weighted by Gasteiger charge is -2.25. The number of hydrogen-bond acceptors (Lipinski definition) is 6. The third-order valence-electron chi connectivity index (χ3n) is 7.92. The normalized spacial score (nSPS) is 14.5. The predicted molar refractivity (Wildman–Crippen MR) is 182 cm³/mol. The van der Waals surface area contributed by atoms with E-state index in [9.17, 15) is 9.59 Å². The third-order valence-corrected chi connectivity index (χ3v) is 8.90. The second-order valence-electron chi connectivity index (χ2n) is 10.8. The van der Waals surface area contributed by atoms with E-state index < -0.39 is 12.0 Å². The largest absolute Gasteiger partial charge is 0.489 e. The van der Waals surface area contributed by atoms with Gasteiger partial charge in [-0.2, -0.15) is 0 Å². The Labute approximate surface area is 269 Å². The molecule has 0 saturated carbocycles. The van der Waals surface area contributed by atoms with Crippen LogP contribution in [0.2, 0.25) is 0 Å². The van der Waals surface area contributed by atoms with Crippen molar-refractivity contribution < 1.29 is 14.3 Å². The Morgan fingerprint density at radius 2 is 1.59 bits per heavy atom. The van der Waals surface area contributed by atoms with Gasteiger partial charge in [0.2, 0.25) is 0 Å². The van der Waals surface area contributed by atoms with Crippen LogP contribution in [0.4, 0.5) is 0 Å². The molecule has 0 amide bonds. The first-order valence-electron chi connectivity index (χ1n) is 15.1. The van der Waals surface area contributed by atoms with E-state index in [2.05, 4.69) is 24.3 Å². The molecule has 5 aromatic carbocycles. The first-order valence-corrected chi connectivity index (χ1v) is 16.0. The number of carbonyl (C=O) groups is 1. The summed E-state index contributed by atoms with van der Waals surface area (Å²) in [5.41, 5.74) is 4.11. The van der Waals surface area contributed by atoms with E-state index in [1.165, 1.54) is 16.7 Å². The molecule has 1 aromatic heterocycles. The molecular formula is C39H30N2O4S. The summed E-state index contributed by atoms with van der Waals surface area (Å²) in [5, 5.41) is 2.33. The van der Waals surface area contributed by atoms with Crippen molar-refractivity contribution in [1.29, 1.82) is 0 Å². The van der Waals surface area contributed by atoms with E-state index in [0.717, 1.165) is 27.6 Å². The second kappa shape index (κ2) is 12.8. The van der Waals surface area contributed by atoms with Crippen molar-refractivity contribution in [1.82, 2.24) is 4.57 Å². The van der Waals surface area contributed by atoms with Crippen LogP contribution in [-0.2, 0) is 16.1 Å². The maximum Gasteiger partial charge on any atom is 0.338 e. The van der Waals surface area contributed by atoms with Crippen LogP contribution >= 0.6 is 11.3 Å². The fraction of sp³-hybridized carbons (Fsp3) is 0.103. The van der Waals surface area contributed by atoms with Gasteiger partial charge in [0.25, 0.3) is 5.56 Å². The van der Waals surface area contributed by atoms with Gasteiger partial charge in [0.1, 0.15) is 12.4 Å². The van der Waals surface area contributed by atoms with Crippen molar-refractivity contribution in [2.24, 2.45) is 4.99 Å². The van der Waals surface area contributed by atoms with Crippen LogP contribution in [0.5, 0.6) is 5.75 Å². The highest BCUT2D eigenvalue weighted by molar-refractivity contribution is 7.07. The summed E-state index contributed by atoms with van der Waals surface area (Å²) in [7, 11) is 0. The lowest BCUT2D eigenvalue weighted by Crippen LogP contribution is -2.39. The molecule has 0 bridgehead atoms. The number of nitrogens with zero attached hydrogens (tertiary/aromatic N) is 2. The van der Waals surface area contributed by atoms with Crippen molar-refractivity contribution in [2.45, 2.75) is 19.6 Å². The van der Waals surface area contributed by atoms with Crippen LogP contribution in [0, 0.1) is 0 Å². The van der Waals surface area contributed by atoms with Crippen molar-refractivity contribution >= 4 is 39.9 Å². The first-order chi connectivity index (χ1) is 22.6. The topological polar surface area (TPSA) is 69.9 Å². The zero-order valence-corrected chi connectivity index (χ0v) is 25.9. The van der Waals surface area contributed by atoms with Gasteiger partial charge >= 0.3 is 5.97 Å². The zero-order valence-electron chi connectivity index (χ0n) is 25.1. The Morgan fingerprint density at radius 3 is 2.39 bits per heavy atom. The minimum Gasteiger partial charge on any atom is -0.489 e. The number of fused-ring (bicyclic) bond motifs is 2. The van der Waals surface area contributed by atoms with Gasteiger partial charge < -0.3 is 9.47 Å². The molecule has 0 saturated heterocycles. The second-order valence-corrected chi connectivity index (χ2v) is 11.9. The van der Waals surface area contributed by atoms with E-state index in [-0.39, 0.29) is 12.2 Å². The number of benzene rings is 5. The number of carbonyl (C=O) groups excluding carboxylic acids is 1. The maximum atomic E-state index is 14.2. The van der Waals surface area contributed by atoms with Crippen molar-refractivity contribution in [3.05, 3.63) is 175 Å². The molecule has 6 aromatic rings. The fourth-order valence-corrected chi connectivity index (χ4v) is 6.82. The van der Waals surface area contributed by atoms with Crippen LogP contribution in [0.15, 0.2) is 143 Å². The monoisotopic (exact) mass is 622 g/mol. The van der Waals surface area contributed by atoms with Crippen LogP contribution in [0.25, 0.3) is 22.5 Å². The average Bonchev–Trinajstić information content (AvgIpc) is 3.41. The summed E-state index contributed by atoms with van der Waals surface area (Å²) in [4.78, 5) is 33.2. The standard InChI is InChI=1S/C39H30N2O4S/c1-2-44-38(43)34-35(28-15-5-3-6-16-28)40-39-41(36(34)29-17-7-4-8-18-29)37(42)33(46-39)24-26-13-11-21-31(23-26)45-25-30-20-12-19-27-14-9-10-22-32(27)30/h3-24,36H,2,25H2,1H3/b33-24-/t36-/m0/s1. The highest BCUT2D eigenvalue weighted by atomic mass is 32.1. The Bertz CT molecular complexity index is 2270. The van der Waals surface area contributed by atoms with Gasteiger partial charge in [-0.3, -0.25) is 9.36 Å². The minimum atomic E-state index is -0.704. The number of thiazole rings is 1. The number of rotatable bonds is 8. The Hall–Kier alpha value is -5.53. The average molecular weight is 623 g/mol. The van der Waals surface area contributed by atoms with Gasteiger partial charge in [-0.05, 0) is 52.6 Å². The molecule has 7 heteroatoms. The van der Waals surface area contributed by atoms with Crippen molar-refractivity contribution in [3.8, 4) is 5.75 Å². The lowest BCUT2D eigenvalue weighted by atomic mass is 9.93. The number of ether oxygens (including phenoxy) is 2. The Morgan fingerprint density at radius 1 is 0.870 bits per heavy atom. The number of esters is 1. The van der Waals surface area contributed by atoms with Crippen LogP contribution in [-0.4, -0.2) is 17.1 Å². The molecule has 2 heterocycles. The molecule has 0 fully saturated rings. The highest BCUT2D eigenvalue weighted by Gasteiger charge is 2.35. The number of aromatic nitrogens is 1. The smallest absolute Gasteiger partial charge is 0.338 e. The molecule has 0 N–H and O–H groups in total. The summed E-state index contributed by atoms with van der Waals surface area (Å²) in [6, 6.07) is 40.6. The summed E-state index contributed by atoms with van der Waals surface area (Å²) in [6.45, 7) is 2.39. The molecule has 0 spiro atoms. The summed E-state index contributed by atoms with van der Waals surface area (Å²) in [5.74, 6) is 0.205. The molecule has 0 radical (unpaired) electrons. The lowest BCUT2D eigenvalue weighted by molar-refractivity contribution is -0.138. The maximum absolute atomic E-state index is 14.2. The van der Waals surface area contributed by atoms with Crippen molar-refractivity contribution in [2.75, 3.05) is 6.61 Å². The SMILES string of the molecule is CCOC(=O)C1=C(c2ccccc2)N=c2s/c(=C\c3cccc(OCc4cccc5ccccc45)c3)c(=O)n2[C@H]1c1ccccc1.